The monoisotopic (exact) mass is 1320 g/mol. The molecule has 0 radical (unpaired) electrons. The number of Topliss-reactive ketones (excluding diaryl/α,β-unsaturated/α-hetero) is 1. The molecule has 0 unspecified atom stereocenters. The molecular weight excluding hydrogens is 1220 g/mol. The first kappa shape index (κ1) is 71.4. The number of esters is 1. The quantitative estimate of drug-likeness (QED) is 0.0373. The lowest BCUT2D eigenvalue weighted by Crippen LogP contribution is -2.65. The van der Waals surface area contributed by atoms with Gasteiger partial charge in [-0.3, -0.25) is 14.9 Å². The number of rotatable bonds is 14. The maximum Gasteiger partial charge on any atom is 0.407 e. The summed E-state index contributed by atoms with van der Waals surface area (Å²) in [6, 6.07) is -1.09. The van der Waals surface area contributed by atoms with Crippen LogP contribution in [0.3, 0.4) is 0 Å². The second-order valence-corrected chi connectivity index (χ2v) is 28.6. The third-order valence-corrected chi connectivity index (χ3v) is 22.3. The molecule has 7 N–H and O–H groups in total. The van der Waals surface area contributed by atoms with Gasteiger partial charge in [-0.1, -0.05) is 63.6 Å². The van der Waals surface area contributed by atoms with Crippen molar-refractivity contribution in [3.8, 4) is 0 Å². The molecule has 1 amide bonds. The molecule has 7 fully saturated rings. The normalized spacial score (nSPS) is 49.1. The van der Waals surface area contributed by atoms with E-state index in [0.29, 0.717) is 17.6 Å². The second kappa shape index (κ2) is 28.3. The van der Waals surface area contributed by atoms with Gasteiger partial charge in [-0.25, -0.2) is 9.59 Å². The number of aliphatic hydroxyl groups excluding tert-OH is 6. The lowest BCUT2D eigenvalue weighted by Gasteiger charge is -2.56. The Morgan fingerprint density at radius 3 is 1.92 bits per heavy atom. The molecule has 1 saturated carbocycles. The SMILES string of the molecule is COC(=O)N[C@H]1[C@@H](C)O[C@@H](O[C@H]2C/C=C(\C)[C@@H]3C=C[C@@H]4[C@@H](O[C@H]5C[C@@H](O[C@H]6C[C@@H](O[C@H]7C[C@@H](O)[C@@H](O)[C@H](C)O7)[C@@H](O[C@@H]7C[C@@H](O)[C@@H](OC)[C@H](C)O7)[C@H](C)O6)[C@@H](O)[C@H](C)O5)[C@@H](C)C[C@H](C)[C@H]4[C@]3(C)C(O)=C3C(=O)O[C@]4(C[C@@H](C)C(CO)=C[C@H]4/C=C/2C)C3=O)C[C@]1(C)[N+](=O)[O-]. The fourth-order valence-corrected chi connectivity index (χ4v) is 17.2. The summed E-state index contributed by atoms with van der Waals surface area (Å²) in [4.78, 5) is 55.4. The first-order chi connectivity index (χ1) is 43.9. The minimum Gasteiger partial charge on any atom is -0.511 e. The zero-order valence-corrected chi connectivity index (χ0v) is 55.9. The molecule has 6 heterocycles. The molecule has 26 heteroatoms. The van der Waals surface area contributed by atoms with Gasteiger partial charge in [0.1, 0.15) is 41.8 Å². The summed E-state index contributed by atoms with van der Waals surface area (Å²) in [5.41, 5.74) is -3.49. The molecular formula is C67H100N2O24. The summed E-state index contributed by atoms with van der Waals surface area (Å²) >= 11 is 0. The molecule has 31 atom stereocenters. The number of nitrogens with one attached hydrogen (secondary N) is 1. The number of aliphatic hydroxyl groups is 6. The average Bonchev–Trinajstić information content (AvgIpc) is 1.70. The Bertz CT molecular complexity index is 2880. The predicted octanol–water partition coefficient (Wildman–Crippen LogP) is 5.45. The summed E-state index contributed by atoms with van der Waals surface area (Å²) in [5.74, 6) is -5.33. The molecule has 522 valence electrons. The van der Waals surface area contributed by atoms with E-state index in [1.165, 1.54) is 14.0 Å². The fraction of sp³-hybridized carbons (Fsp3) is 0.806. The van der Waals surface area contributed by atoms with Gasteiger partial charge in [0.15, 0.2) is 37.1 Å². The summed E-state index contributed by atoms with van der Waals surface area (Å²) in [7, 11) is 2.66. The van der Waals surface area contributed by atoms with Gasteiger partial charge in [0.05, 0.1) is 87.3 Å². The third-order valence-electron chi connectivity index (χ3n) is 22.3. The van der Waals surface area contributed by atoms with E-state index in [1.807, 2.05) is 32.9 Å². The number of amides is 1. The standard InChI is InChI=1S/C67H100N2O24/c1-29-15-18-45(88-52-27-65(11,69(79)80)60(38(10)87-52)68-64(78)82-14)30(2)20-40-21-39(28-70)33(5)26-67(40)62(76)53(63(77)93-67)61(75)66(12)42(29)17-16-41-54(66)31(3)19-32(4)57(41)91-51-24-46(56(74)35(7)84-51)89-50-25-47(90-48-22-43(71)55(73)34(6)83-48)59(37(9)86-50)92-49-23-44(72)58(81-13)36(8)85-49/h15-17,20-21,31-38,40-52,54-60,70-75H,18-19,22-28H2,1-14H3,(H,68,78)/b29-15+,30-20+,61-53?/t31-,32-,33+,34-,35-,36-,37-,38+,40+,41-,42-,43+,44+,45-,46+,47+,48-,49+,50-,51-,52-,54+,55-,56-,57-,58-,59-,60-,65-,66+,67-/m0/s1. The molecule has 2 bridgehead atoms. The molecule has 0 aromatic rings. The van der Waals surface area contributed by atoms with Crippen molar-refractivity contribution in [2.45, 2.75) is 275 Å². The van der Waals surface area contributed by atoms with Crippen LogP contribution >= 0.6 is 0 Å². The van der Waals surface area contributed by atoms with Crippen LogP contribution < -0.4 is 5.32 Å². The maximum absolute atomic E-state index is 15.7. The number of carbonyl (C=O) groups is 3. The largest absolute Gasteiger partial charge is 0.511 e. The number of carbonyl (C=O) groups excluding carboxylic acids is 3. The van der Waals surface area contributed by atoms with Gasteiger partial charge in [-0.2, -0.15) is 0 Å². The Labute approximate surface area is 543 Å². The Balaban J connectivity index is 0.943. The zero-order valence-electron chi connectivity index (χ0n) is 55.9. The van der Waals surface area contributed by atoms with Crippen LogP contribution in [0.15, 0.2) is 58.4 Å². The van der Waals surface area contributed by atoms with E-state index in [4.69, 9.17) is 61.6 Å². The summed E-state index contributed by atoms with van der Waals surface area (Å²) in [5, 5.41) is 83.6. The number of fused-ring (bicyclic) bond motifs is 4. The minimum atomic E-state index is -1.84. The Morgan fingerprint density at radius 1 is 0.688 bits per heavy atom. The van der Waals surface area contributed by atoms with Crippen LogP contribution in [0.1, 0.15) is 134 Å². The van der Waals surface area contributed by atoms with E-state index in [9.17, 15) is 50.3 Å². The van der Waals surface area contributed by atoms with Gasteiger partial charge in [0.25, 0.3) is 0 Å². The van der Waals surface area contributed by atoms with Crippen LogP contribution in [0, 0.1) is 57.0 Å². The van der Waals surface area contributed by atoms with Gasteiger partial charge < -0.3 is 97.5 Å². The highest BCUT2D eigenvalue weighted by atomic mass is 16.8. The minimum absolute atomic E-state index is 0.00999. The van der Waals surface area contributed by atoms with E-state index in [2.05, 4.69) is 25.2 Å². The number of ketones is 1. The molecule has 10 aliphatic rings. The predicted molar refractivity (Wildman–Crippen MR) is 327 cm³/mol. The van der Waals surface area contributed by atoms with Crippen LogP contribution in [-0.2, 0) is 71.2 Å². The lowest BCUT2D eigenvalue weighted by atomic mass is 9.49. The van der Waals surface area contributed by atoms with Crippen molar-refractivity contribution in [3.05, 3.63) is 68.5 Å². The number of alkyl carbamates (subject to hydrolysis) is 1. The van der Waals surface area contributed by atoms with Crippen molar-refractivity contribution in [1.29, 1.82) is 0 Å². The Morgan fingerprint density at radius 2 is 1.28 bits per heavy atom. The van der Waals surface area contributed by atoms with Gasteiger partial charge in [-0.05, 0) is 96.1 Å². The molecule has 0 aromatic heterocycles. The van der Waals surface area contributed by atoms with Gasteiger partial charge >= 0.3 is 12.1 Å². The van der Waals surface area contributed by atoms with Gasteiger partial charge in [0.2, 0.25) is 11.3 Å². The summed E-state index contributed by atoms with van der Waals surface area (Å²) in [6.45, 7) is 21.2. The third kappa shape index (κ3) is 13.7. The molecule has 1 spiro atoms. The molecule has 93 heavy (non-hydrogen) atoms. The number of nitro groups is 1. The van der Waals surface area contributed by atoms with Crippen molar-refractivity contribution < 1.29 is 112 Å². The molecule has 6 aliphatic heterocycles. The number of nitrogens with zero attached hydrogens (tertiary/aromatic N) is 1. The highest BCUT2D eigenvalue weighted by Crippen LogP contribution is 2.61. The lowest BCUT2D eigenvalue weighted by molar-refractivity contribution is -0.584. The summed E-state index contributed by atoms with van der Waals surface area (Å²) < 4.78 is 82.0. The van der Waals surface area contributed by atoms with Crippen molar-refractivity contribution in [1.82, 2.24) is 5.32 Å². The van der Waals surface area contributed by atoms with Crippen molar-refractivity contribution in [2.75, 3.05) is 20.8 Å². The number of allylic oxidation sites excluding steroid dienone is 3. The van der Waals surface area contributed by atoms with Crippen molar-refractivity contribution >= 4 is 17.8 Å². The molecule has 10 rings (SSSR count). The second-order valence-electron chi connectivity index (χ2n) is 28.6. The first-order valence-electron chi connectivity index (χ1n) is 33.2. The first-order valence-corrected chi connectivity index (χ1v) is 33.2. The van der Waals surface area contributed by atoms with Gasteiger partial charge in [0, 0.05) is 74.2 Å². The topological polar surface area (TPSA) is 348 Å². The maximum atomic E-state index is 15.7. The van der Waals surface area contributed by atoms with Crippen LogP contribution in [0.25, 0.3) is 0 Å². The zero-order chi connectivity index (χ0) is 67.7. The van der Waals surface area contributed by atoms with Crippen LogP contribution in [-0.4, -0.2) is 214 Å². The van der Waals surface area contributed by atoms with Crippen LogP contribution in [0.4, 0.5) is 4.79 Å². The van der Waals surface area contributed by atoms with Crippen LogP contribution in [0.2, 0.25) is 0 Å². The van der Waals surface area contributed by atoms with Gasteiger partial charge in [-0.15, -0.1) is 0 Å². The highest BCUT2D eigenvalue weighted by Gasteiger charge is 2.64. The molecule has 0 aromatic carbocycles. The van der Waals surface area contributed by atoms with E-state index < -0.39 is 209 Å². The number of ether oxygens (including phenoxy) is 13. The molecule has 26 nitrogen and oxygen atoms in total. The number of methoxy groups -OCH3 is 2. The van der Waals surface area contributed by atoms with Crippen LogP contribution in [0.5, 0.6) is 0 Å². The van der Waals surface area contributed by atoms with E-state index >= 15 is 4.79 Å². The number of hydrogen-bond donors (Lipinski definition) is 7. The Hall–Kier alpha value is -4.33. The smallest absolute Gasteiger partial charge is 0.407 e. The van der Waals surface area contributed by atoms with Crippen molar-refractivity contribution in [2.24, 2.45) is 46.8 Å². The summed E-state index contributed by atoms with van der Waals surface area (Å²) in [6.07, 6.45) is -8.05. The Kier molecular flexibility index (Phi) is 21.7. The molecule has 6 saturated heterocycles. The number of hydrogen-bond acceptors (Lipinski definition) is 24. The van der Waals surface area contributed by atoms with E-state index in [1.54, 1.807) is 53.7 Å². The molecule has 4 aliphatic carbocycles. The fourth-order valence-electron chi connectivity index (χ4n) is 17.2. The van der Waals surface area contributed by atoms with Crippen molar-refractivity contribution in [3.63, 3.8) is 0 Å². The average molecular weight is 1320 g/mol. The van der Waals surface area contributed by atoms with E-state index in [0.717, 1.165) is 12.7 Å². The highest BCUT2D eigenvalue weighted by molar-refractivity contribution is 6.26. The van der Waals surface area contributed by atoms with E-state index in [-0.39, 0.29) is 63.4 Å².